The summed E-state index contributed by atoms with van der Waals surface area (Å²) in [6.07, 6.45) is 0. The molecule has 2 aromatic rings. The summed E-state index contributed by atoms with van der Waals surface area (Å²) >= 11 is 0. The van der Waals surface area contributed by atoms with Crippen molar-refractivity contribution in [1.29, 1.82) is 0 Å². The first-order valence-corrected chi connectivity index (χ1v) is 5.31. The van der Waals surface area contributed by atoms with Crippen molar-refractivity contribution in [2.75, 3.05) is 13.6 Å². The van der Waals surface area contributed by atoms with E-state index in [0.29, 0.717) is 0 Å². The second-order valence-electron chi connectivity index (χ2n) is 3.93. The van der Waals surface area contributed by atoms with Crippen molar-refractivity contribution in [2.45, 2.75) is 20.4 Å². The van der Waals surface area contributed by atoms with E-state index in [0.717, 1.165) is 18.6 Å². The van der Waals surface area contributed by atoms with Gasteiger partial charge in [0.05, 0.1) is 12.1 Å². The average molecular weight is 203 g/mol. The van der Waals surface area contributed by atoms with Crippen molar-refractivity contribution in [3.63, 3.8) is 0 Å². The Morgan fingerprint density at radius 3 is 2.87 bits per heavy atom. The molecule has 0 aliphatic carbocycles. The summed E-state index contributed by atoms with van der Waals surface area (Å²) in [5, 5.41) is 8.98. The molecule has 0 unspecified atom stereocenters. The van der Waals surface area contributed by atoms with Gasteiger partial charge in [-0.25, -0.2) is 0 Å². The van der Waals surface area contributed by atoms with Gasteiger partial charge in [0.2, 0.25) is 0 Å². The first-order chi connectivity index (χ1) is 7.22. The fourth-order valence-electron chi connectivity index (χ4n) is 1.81. The third-order valence-corrected chi connectivity index (χ3v) is 2.73. The molecule has 0 amide bonds. The summed E-state index contributed by atoms with van der Waals surface area (Å²) in [5.41, 5.74) is 3.64. The highest BCUT2D eigenvalue weighted by Gasteiger charge is 2.06. The SMILES string of the molecule is CNCCn1nc2ccc(C)cc2c1C. The van der Waals surface area contributed by atoms with Gasteiger partial charge < -0.3 is 5.32 Å². The Bertz CT molecular complexity index is 471. The molecule has 3 heteroatoms. The average Bonchev–Trinajstić information content (AvgIpc) is 2.53. The molecular formula is C12H17N3. The molecule has 1 N–H and O–H groups in total. The van der Waals surface area contributed by atoms with Gasteiger partial charge in [0, 0.05) is 17.6 Å². The first-order valence-electron chi connectivity index (χ1n) is 5.31. The van der Waals surface area contributed by atoms with Gasteiger partial charge in [-0.3, -0.25) is 4.68 Å². The Hall–Kier alpha value is -1.35. The maximum absolute atomic E-state index is 4.57. The molecule has 0 atom stereocenters. The molecule has 0 fully saturated rings. The van der Waals surface area contributed by atoms with Crippen LogP contribution in [0.1, 0.15) is 11.3 Å². The molecule has 0 spiro atoms. The molecule has 0 saturated carbocycles. The fourth-order valence-corrected chi connectivity index (χ4v) is 1.81. The third-order valence-electron chi connectivity index (χ3n) is 2.73. The molecule has 0 aliphatic heterocycles. The molecule has 15 heavy (non-hydrogen) atoms. The Morgan fingerprint density at radius 1 is 1.33 bits per heavy atom. The van der Waals surface area contributed by atoms with Crippen molar-refractivity contribution >= 4 is 10.9 Å². The summed E-state index contributed by atoms with van der Waals surface area (Å²) in [6, 6.07) is 6.40. The van der Waals surface area contributed by atoms with E-state index in [9.17, 15) is 0 Å². The summed E-state index contributed by atoms with van der Waals surface area (Å²) in [5.74, 6) is 0. The summed E-state index contributed by atoms with van der Waals surface area (Å²) in [4.78, 5) is 0. The molecule has 0 radical (unpaired) electrons. The van der Waals surface area contributed by atoms with Gasteiger partial charge in [0.1, 0.15) is 0 Å². The minimum Gasteiger partial charge on any atom is -0.318 e. The van der Waals surface area contributed by atoms with Gasteiger partial charge in [-0.05, 0) is 33.0 Å². The minimum atomic E-state index is 0.927. The summed E-state index contributed by atoms with van der Waals surface area (Å²) in [6.45, 7) is 6.12. The van der Waals surface area contributed by atoms with Crippen LogP contribution in [0, 0.1) is 13.8 Å². The lowest BCUT2D eigenvalue weighted by molar-refractivity contribution is 0.577. The number of rotatable bonds is 3. The molecular weight excluding hydrogens is 186 g/mol. The number of aromatic nitrogens is 2. The van der Waals surface area contributed by atoms with Gasteiger partial charge in [-0.15, -0.1) is 0 Å². The fraction of sp³-hybridized carbons (Fsp3) is 0.417. The van der Waals surface area contributed by atoms with E-state index in [1.54, 1.807) is 0 Å². The zero-order valence-electron chi connectivity index (χ0n) is 9.54. The number of hydrogen-bond donors (Lipinski definition) is 1. The summed E-state index contributed by atoms with van der Waals surface area (Å²) in [7, 11) is 1.96. The lowest BCUT2D eigenvalue weighted by Crippen LogP contribution is -2.16. The molecule has 0 bridgehead atoms. The zero-order chi connectivity index (χ0) is 10.8. The van der Waals surface area contributed by atoms with Crippen molar-refractivity contribution < 1.29 is 0 Å². The molecule has 2 rings (SSSR count). The standard InChI is InChI=1S/C12H17N3/c1-9-4-5-12-11(8-9)10(2)15(14-12)7-6-13-3/h4-5,8,13H,6-7H2,1-3H3. The van der Waals surface area contributed by atoms with E-state index in [1.807, 2.05) is 7.05 Å². The number of likely N-dealkylation sites (N-methyl/N-ethyl adjacent to an activating group) is 1. The van der Waals surface area contributed by atoms with E-state index in [1.165, 1.54) is 16.6 Å². The maximum atomic E-state index is 4.57. The van der Waals surface area contributed by atoms with Crippen LogP contribution in [0.3, 0.4) is 0 Å². The second-order valence-corrected chi connectivity index (χ2v) is 3.93. The van der Waals surface area contributed by atoms with E-state index in [2.05, 4.69) is 47.1 Å². The van der Waals surface area contributed by atoms with Crippen LogP contribution >= 0.6 is 0 Å². The zero-order valence-corrected chi connectivity index (χ0v) is 9.54. The molecule has 1 aromatic carbocycles. The van der Waals surface area contributed by atoms with Crippen molar-refractivity contribution in [1.82, 2.24) is 15.1 Å². The number of nitrogens with zero attached hydrogens (tertiary/aromatic N) is 2. The number of hydrogen-bond acceptors (Lipinski definition) is 2. The molecule has 1 heterocycles. The van der Waals surface area contributed by atoms with Gasteiger partial charge in [0.25, 0.3) is 0 Å². The van der Waals surface area contributed by atoms with Crippen LogP contribution < -0.4 is 5.32 Å². The lowest BCUT2D eigenvalue weighted by Gasteiger charge is -2.02. The minimum absolute atomic E-state index is 0.927. The molecule has 3 nitrogen and oxygen atoms in total. The highest BCUT2D eigenvalue weighted by Crippen LogP contribution is 2.18. The third kappa shape index (κ3) is 1.88. The summed E-state index contributed by atoms with van der Waals surface area (Å²) < 4.78 is 2.07. The Kier molecular flexibility index (Phi) is 2.73. The van der Waals surface area contributed by atoms with Gasteiger partial charge in [-0.2, -0.15) is 5.10 Å². The first kappa shape index (κ1) is 10.2. The van der Waals surface area contributed by atoms with Crippen molar-refractivity contribution in [3.8, 4) is 0 Å². The Morgan fingerprint density at radius 2 is 2.13 bits per heavy atom. The molecule has 80 valence electrons. The predicted molar refractivity (Wildman–Crippen MR) is 63.1 cm³/mol. The van der Waals surface area contributed by atoms with Crippen molar-refractivity contribution in [3.05, 3.63) is 29.5 Å². The largest absolute Gasteiger partial charge is 0.318 e. The van der Waals surface area contributed by atoms with E-state index in [-0.39, 0.29) is 0 Å². The smallest absolute Gasteiger partial charge is 0.0926 e. The highest BCUT2D eigenvalue weighted by atomic mass is 15.3. The molecule has 1 aromatic heterocycles. The second kappa shape index (κ2) is 4.03. The number of benzene rings is 1. The van der Waals surface area contributed by atoms with E-state index >= 15 is 0 Å². The molecule has 0 saturated heterocycles. The molecule has 0 aliphatic rings. The highest BCUT2D eigenvalue weighted by molar-refractivity contribution is 5.82. The van der Waals surface area contributed by atoms with E-state index < -0.39 is 0 Å². The van der Waals surface area contributed by atoms with Crippen LogP contribution in [0.2, 0.25) is 0 Å². The maximum Gasteiger partial charge on any atom is 0.0926 e. The van der Waals surface area contributed by atoms with E-state index in [4.69, 9.17) is 0 Å². The van der Waals surface area contributed by atoms with Gasteiger partial charge in [0.15, 0.2) is 0 Å². The number of fused-ring (bicyclic) bond motifs is 1. The van der Waals surface area contributed by atoms with Crippen LogP contribution in [0.4, 0.5) is 0 Å². The Balaban J connectivity index is 2.45. The number of nitrogens with one attached hydrogen (secondary N) is 1. The van der Waals surface area contributed by atoms with Crippen molar-refractivity contribution in [2.24, 2.45) is 0 Å². The van der Waals surface area contributed by atoms with Crippen LogP contribution in [0.5, 0.6) is 0 Å². The normalized spacial score (nSPS) is 11.1. The predicted octanol–water partition coefficient (Wildman–Crippen LogP) is 1.87. The Labute approximate surface area is 90.1 Å². The number of aryl methyl sites for hydroxylation is 2. The van der Waals surface area contributed by atoms with Gasteiger partial charge >= 0.3 is 0 Å². The van der Waals surface area contributed by atoms with Crippen LogP contribution in [-0.4, -0.2) is 23.4 Å². The lowest BCUT2D eigenvalue weighted by atomic mass is 10.1. The monoisotopic (exact) mass is 203 g/mol. The van der Waals surface area contributed by atoms with Crippen LogP contribution in [0.25, 0.3) is 10.9 Å². The quantitative estimate of drug-likeness (QED) is 0.825. The van der Waals surface area contributed by atoms with Gasteiger partial charge in [-0.1, -0.05) is 11.6 Å². The van der Waals surface area contributed by atoms with Crippen LogP contribution in [0.15, 0.2) is 18.2 Å². The van der Waals surface area contributed by atoms with Crippen LogP contribution in [-0.2, 0) is 6.54 Å². The topological polar surface area (TPSA) is 29.9 Å².